The second kappa shape index (κ2) is 9.04. The lowest BCUT2D eigenvalue weighted by Gasteiger charge is -2.14. The Labute approximate surface area is 134 Å². The first kappa shape index (κ1) is 18.0. The second-order valence-electron chi connectivity index (χ2n) is 4.80. The topological polar surface area (TPSA) is 87.3 Å². The molecule has 1 aromatic rings. The summed E-state index contributed by atoms with van der Waals surface area (Å²) in [5.74, 6) is -1.98. The number of hydrogen-bond donors (Lipinski definition) is 3. The van der Waals surface area contributed by atoms with Crippen molar-refractivity contribution in [1.29, 1.82) is 0 Å². The maximum absolute atomic E-state index is 11.9. The summed E-state index contributed by atoms with van der Waals surface area (Å²) in [6.45, 7) is 3.92. The van der Waals surface area contributed by atoms with Crippen molar-refractivity contribution >= 4 is 35.0 Å². The molecule has 6 nitrogen and oxygen atoms in total. The number of anilines is 1. The number of carbonyl (C=O) groups is 3. The van der Waals surface area contributed by atoms with Crippen LogP contribution in [0.15, 0.2) is 24.3 Å². The van der Waals surface area contributed by atoms with Crippen molar-refractivity contribution in [2.75, 3.05) is 11.9 Å². The summed E-state index contributed by atoms with van der Waals surface area (Å²) in [5, 5.41) is 8.02. The van der Waals surface area contributed by atoms with Crippen molar-refractivity contribution in [2.24, 2.45) is 0 Å². The Balaban J connectivity index is 2.44. The van der Waals surface area contributed by atoms with Gasteiger partial charge in [0.15, 0.2) is 0 Å². The van der Waals surface area contributed by atoms with E-state index >= 15 is 0 Å². The predicted molar refractivity (Wildman–Crippen MR) is 85.6 cm³/mol. The van der Waals surface area contributed by atoms with Gasteiger partial charge in [0.25, 0.3) is 0 Å². The first-order valence-corrected chi connectivity index (χ1v) is 7.47. The Hall–Kier alpha value is -2.08. The van der Waals surface area contributed by atoms with E-state index in [4.69, 9.17) is 11.6 Å². The van der Waals surface area contributed by atoms with Crippen LogP contribution in [-0.2, 0) is 14.4 Å². The maximum Gasteiger partial charge on any atom is 0.309 e. The molecule has 1 unspecified atom stereocenters. The standard InChI is InChI=1S/C15H20ClN3O3/c1-3-4-9-17-14(21)15(22)18-10(2)13(20)19-12-7-5-11(16)6-8-12/h5-8,10H,3-4,9H2,1-2H3,(H,17,21)(H,18,22)(H,19,20). The van der Waals surface area contributed by atoms with Crippen molar-refractivity contribution in [3.05, 3.63) is 29.3 Å². The van der Waals surface area contributed by atoms with E-state index in [2.05, 4.69) is 16.0 Å². The average Bonchev–Trinajstić information content (AvgIpc) is 2.49. The Kier molecular flexibility index (Phi) is 7.39. The highest BCUT2D eigenvalue weighted by Crippen LogP contribution is 2.13. The summed E-state index contributed by atoms with van der Waals surface area (Å²) < 4.78 is 0. The number of rotatable bonds is 6. The molecule has 7 heteroatoms. The number of benzene rings is 1. The molecular formula is C15H20ClN3O3. The zero-order chi connectivity index (χ0) is 16.5. The first-order valence-electron chi connectivity index (χ1n) is 7.09. The molecule has 0 aliphatic carbocycles. The van der Waals surface area contributed by atoms with Gasteiger partial charge in [0.05, 0.1) is 0 Å². The molecular weight excluding hydrogens is 306 g/mol. The lowest BCUT2D eigenvalue weighted by molar-refractivity contribution is -0.140. The minimum absolute atomic E-state index is 0.419. The third-order valence-corrected chi connectivity index (χ3v) is 3.13. The molecule has 0 heterocycles. The minimum Gasteiger partial charge on any atom is -0.348 e. The third kappa shape index (κ3) is 6.13. The lowest BCUT2D eigenvalue weighted by atomic mass is 10.2. The van der Waals surface area contributed by atoms with Gasteiger partial charge < -0.3 is 16.0 Å². The van der Waals surface area contributed by atoms with E-state index in [1.54, 1.807) is 24.3 Å². The van der Waals surface area contributed by atoms with Crippen molar-refractivity contribution in [1.82, 2.24) is 10.6 Å². The lowest BCUT2D eigenvalue weighted by Crippen LogP contribution is -2.48. The third-order valence-electron chi connectivity index (χ3n) is 2.87. The molecule has 22 heavy (non-hydrogen) atoms. The normalized spacial score (nSPS) is 11.4. The van der Waals surface area contributed by atoms with Crippen LogP contribution < -0.4 is 16.0 Å². The van der Waals surface area contributed by atoms with Gasteiger partial charge in [-0.15, -0.1) is 0 Å². The number of nitrogens with one attached hydrogen (secondary N) is 3. The van der Waals surface area contributed by atoms with Crippen LogP contribution in [0.2, 0.25) is 5.02 Å². The van der Waals surface area contributed by atoms with Gasteiger partial charge in [-0.2, -0.15) is 0 Å². The number of unbranched alkanes of at least 4 members (excludes halogenated alkanes) is 1. The van der Waals surface area contributed by atoms with Crippen LogP contribution in [0.4, 0.5) is 5.69 Å². The van der Waals surface area contributed by atoms with Crippen LogP contribution in [0.3, 0.4) is 0 Å². The van der Waals surface area contributed by atoms with Crippen LogP contribution >= 0.6 is 11.6 Å². The fourth-order valence-electron chi connectivity index (χ4n) is 1.57. The average molecular weight is 326 g/mol. The van der Waals surface area contributed by atoms with Crippen molar-refractivity contribution < 1.29 is 14.4 Å². The maximum atomic E-state index is 11.9. The van der Waals surface area contributed by atoms with Crippen LogP contribution in [0, 0.1) is 0 Å². The largest absolute Gasteiger partial charge is 0.348 e. The molecule has 1 atom stereocenters. The predicted octanol–water partition coefficient (Wildman–Crippen LogP) is 1.70. The Morgan fingerprint density at radius 2 is 1.77 bits per heavy atom. The number of amides is 3. The second-order valence-corrected chi connectivity index (χ2v) is 5.24. The first-order chi connectivity index (χ1) is 10.4. The van der Waals surface area contributed by atoms with Gasteiger partial charge in [0.2, 0.25) is 5.91 Å². The molecule has 0 radical (unpaired) electrons. The number of carbonyl (C=O) groups excluding carboxylic acids is 3. The molecule has 0 aliphatic heterocycles. The Bertz CT molecular complexity index is 531. The van der Waals surface area contributed by atoms with E-state index in [9.17, 15) is 14.4 Å². The molecule has 1 rings (SSSR count). The molecule has 1 aromatic carbocycles. The molecule has 0 aliphatic rings. The highest BCUT2D eigenvalue weighted by atomic mass is 35.5. The smallest absolute Gasteiger partial charge is 0.309 e. The van der Waals surface area contributed by atoms with E-state index in [-0.39, 0.29) is 0 Å². The van der Waals surface area contributed by atoms with E-state index < -0.39 is 23.8 Å². The summed E-state index contributed by atoms with van der Waals surface area (Å²) in [7, 11) is 0. The van der Waals surface area contributed by atoms with Crippen molar-refractivity contribution in [3.8, 4) is 0 Å². The number of halogens is 1. The fourth-order valence-corrected chi connectivity index (χ4v) is 1.70. The highest BCUT2D eigenvalue weighted by Gasteiger charge is 2.20. The van der Waals surface area contributed by atoms with Gasteiger partial charge in [-0.05, 0) is 37.6 Å². The summed E-state index contributed by atoms with van der Waals surface area (Å²) in [5.41, 5.74) is 0.558. The molecule has 3 amide bonds. The number of hydrogen-bond acceptors (Lipinski definition) is 3. The zero-order valence-corrected chi connectivity index (χ0v) is 13.4. The van der Waals surface area contributed by atoms with Gasteiger partial charge in [-0.3, -0.25) is 14.4 Å². The molecule has 0 saturated heterocycles. The van der Waals surface area contributed by atoms with Crippen LogP contribution in [0.1, 0.15) is 26.7 Å². The molecule has 0 spiro atoms. The van der Waals surface area contributed by atoms with Crippen LogP contribution in [0.5, 0.6) is 0 Å². The fraction of sp³-hybridized carbons (Fsp3) is 0.400. The summed E-state index contributed by atoms with van der Waals surface area (Å²) in [6.07, 6.45) is 1.72. The van der Waals surface area contributed by atoms with Crippen molar-refractivity contribution in [2.45, 2.75) is 32.7 Å². The minimum atomic E-state index is -0.833. The molecule has 0 fully saturated rings. The van der Waals surface area contributed by atoms with E-state index in [1.165, 1.54) is 6.92 Å². The van der Waals surface area contributed by atoms with E-state index in [0.29, 0.717) is 17.3 Å². The van der Waals surface area contributed by atoms with Gasteiger partial charge in [-0.25, -0.2) is 0 Å². The highest BCUT2D eigenvalue weighted by molar-refractivity contribution is 6.35. The van der Waals surface area contributed by atoms with Crippen LogP contribution in [0.25, 0.3) is 0 Å². The van der Waals surface area contributed by atoms with Gasteiger partial charge in [0, 0.05) is 17.3 Å². The molecule has 120 valence electrons. The van der Waals surface area contributed by atoms with Crippen LogP contribution in [-0.4, -0.2) is 30.3 Å². The molecule has 0 aromatic heterocycles. The molecule has 0 bridgehead atoms. The Morgan fingerprint density at radius 1 is 1.14 bits per heavy atom. The molecule has 3 N–H and O–H groups in total. The monoisotopic (exact) mass is 325 g/mol. The van der Waals surface area contributed by atoms with Gasteiger partial charge in [-0.1, -0.05) is 24.9 Å². The van der Waals surface area contributed by atoms with Gasteiger partial charge >= 0.3 is 11.8 Å². The zero-order valence-electron chi connectivity index (χ0n) is 12.6. The van der Waals surface area contributed by atoms with Crippen molar-refractivity contribution in [3.63, 3.8) is 0 Å². The Morgan fingerprint density at radius 3 is 2.36 bits per heavy atom. The van der Waals surface area contributed by atoms with E-state index in [1.807, 2.05) is 6.92 Å². The summed E-state index contributed by atoms with van der Waals surface area (Å²) >= 11 is 5.75. The van der Waals surface area contributed by atoms with Gasteiger partial charge in [0.1, 0.15) is 6.04 Å². The molecule has 0 saturated carbocycles. The quantitative estimate of drug-likeness (QED) is 0.549. The SMILES string of the molecule is CCCCNC(=O)C(=O)NC(C)C(=O)Nc1ccc(Cl)cc1. The van der Waals surface area contributed by atoms with E-state index in [0.717, 1.165) is 12.8 Å². The summed E-state index contributed by atoms with van der Waals surface area (Å²) in [6, 6.07) is 5.74. The summed E-state index contributed by atoms with van der Waals surface area (Å²) in [4.78, 5) is 35.1.